The number of imidazole rings is 1. The normalized spacial score (nSPS) is 11.3. The van der Waals surface area contributed by atoms with Crippen LogP contribution in [0.3, 0.4) is 0 Å². The van der Waals surface area contributed by atoms with Crippen LogP contribution in [-0.2, 0) is 17.1 Å². The van der Waals surface area contributed by atoms with Gasteiger partial charge in [0.1, 0.15) is 0 Å². The Bertz CT molecular complexity index is 1100. The quantitative estimate of drug-likeness (QED) is 0.474. The summed E-state index contributed by atoms with van der Waals surface area (Å²) in [6, 6.07) is 10.0. The van der Waals surface area contributed by atoms with Crippen molar-refractivity contribution >= 4 is 44.8 Å². The minimum absolute atomic E-state index is 0.0799. The summed E-state index contributed by atoms with van der Waals surface area (Å²) in [5, 5.41) is 12.0. The van der Waals surface area contributed by atoms with Gasteiger partial charge in [-0.25, -0.2) is 13.4 Å². The molecule has 11 heteroatoms. The lowest BCUT2D eigenvalue weighted by Crippen LogP contribution is -2.14. The zero-order chi connectivity index (χ0) is 19.6. The van der Waals surface area contributed by atoms with E-state index < -0.39 is 25.5 Å². The number of nitrogens with zero attached hydrogens (tertiary/aromatic N) is 3. The van der Waals surface area contributed by atoms with E-state index >= 15 is 0 Å². The lowest BCUT2D eigenvalue weighted by atomic mass is 10.3. The first kappa shape index (κ1) is 19.2. The van der Waals surface area contributed by atoms with E-state index in [0.717, 1.165) is 22.2 Å². The van der Waals surface area contributed by atoms with Crippen molar-refractivity contribution in [2.24, 2.45) is 7.05 Å². The van der Waals surface area contributed by atoms with Gasteiger partial charge in [-0.3, -0.25) is 14.8 Å². The summed E-state index contributed by atoms with van der Waals surface area (Å²) in [6.45, 7) is 0. The molecule has 3 rings (SSSR count). The third-order valence-corrected chi connectivity index (χ3v) is 6.25. The summed E-state index contributed by atoms with van der Waals surface area (Å²) in [7, 11) is -2.28. The average molecular weight is 425 g/mol. The Kier molecular flexibility index (Phi) is 5.40. The highest BCUT2D eigenvalue weighted by Crippen LogP contribution is 2.30. The van der Waals surface area contributed by atoms with Crippen molar-refractivity contribution in [3.05, 3.63) is 70.0 Å². The SMILES string of the molecule is Cn1ccnc1Sc1ccc(NS(=O)(=O)c2ccc(Cl)cc2[N+](=O)[O-])cc1. The molecule has 0 fully saturated rings. The standard InChI is InChI=1S/C16H13ClN4O4S2/c1-20-9-8-18-16(20)26-13-5-3-12(4-6-13)19-27(24,25)15-7-2-11(17)10-14(15)21(22)23/h2-10,19H,1H3. The number of anilines is 1. The summed E-state index contributed by atoms with van der Waals surface area (Å²) in [6.07, 6.45) is 3.51. The molecule has 0 aliphatic rings. The lowest BCUT2D eigenvalue weighted by molar-refractivity contribution is -0.387. The molecule has 2 aromatic carbocycles. The number of halogens is 1. The fraction of sp³-hybridized carbons (Fsp3) is 0.0625. The predicted octanol–water partition coefficient (Wildman–Crippen LogP) is 3.93. The summed E-state index contributed by atoms with van der Waals surface area (Å²) >= 11 is 7.15. The summed E-state index contributed by atoms with van der Waals surface area (Å²) in [4.78, 5) is 15.0. The highest BCUT2D eigenvalue weighted by atomic mass is 35.5. The van der Waals surface area contributed by atoms with Crippen molar-refractivity contribution in [3.63, 3.8) is 0 Å². The molecule has 0 atom stereocenters. The van der Waals surface area contributed by atoms with E-state index in [0.29, 0.717) is 0 Å². The molecule has 0 aliphatic carbocycles. The fourth-order valence-corrected chi connectivity index (χ4v) is 4.40. The minimum Gasteiger partial charge on any atom is -0.329 e. The molecule has 8 nitrogen and oxygen atoms in total. The van der Waals surface area contributed by atoms with Gasteiger partial charge in [-0.15, -0.1) is 0 Å². The predicted molar refractivity (Wildman–Crippen MR) is 103 cm³/mol. The number of aromatic nitrogens is 2. The third kappa shape index (κ3) is 4.41. The largest absolute Gasteiger partial charge is 0.329 e. The molecule has 0 radical (unpaired) electrons. The first-order valence-electron chi connectivity index (χ1n) is 7.48. The Balaban J connectivity index is 1.82. The minimum atomic E-state index is -4.15. The zero-order valence-electron chi connectivity index (χ0n) is 13.9. The molecule has 1 N–H and O–H groups in total. The first-order valence-corrected chi connectivity index (χ1v) is 10.2. The van der Waals surface area contributed by atoms with Crippen molar-refractivity contribution in [2.75, 3.05) is 4.72 Å². The number of hydrogen-bond donors (Lipinski definition) is 1. The van der Waals surface area contributed by atoms with Crippen LogP contribution in [0, 0.1) is 10.1 Å². The maximum absolute atomic E-state index is 12.5. The monoisotopic (exact) mass is 424 g/mol. The van der Waals surface area contributed by atoms with Gasteiger partial charge in [0.15, 0.2) is 10.1 Å². The van der Waals surface area contributed by atoms with Crippen LogP contribution in [0.2, 0.25) is 5.02 Å². The number of benzene rings is 2. The Morgan fingerprint density at radius 1 is 1.22 bits per heavy atom. The van der Waals surface area contributed by atoms with E-state index in [2.05, 4.69) is 9.71 Å². The second-order valence-electron chi connectivity index (χ2n) is 5.42. The molecule has 0 saturated heterocycles. The van der Waals surface area contributed by atoms with E-state index in [4.69, 9.17) is 11.6 Å². The molecule has 0 saturated carbocycles. The smallest absolute Gasteiger partial charge is 0.291 e. The molecule has 0 unspecified atom stereocenters. The molecular weight excluding hydrogens is 412 g/mol. The second kappa shape index (κ2) is 7.59. The lowest BCUT2D eigenvalue weighted by Gasteiger charge is -2.09. The summed E-state index contributed by atoms with van der Waals surface area (Å²) < 4.78 is 29.3. The molecule has 1 heterocycles. The van der Waals surface area contributed by atoms with E-state index in [1.807, 2.05) is 17.8 Å². The summed E-state index contributed by atoms with van der Waals surface area (Å²) in [5.74, 6) is 0. The Morgan fingerprint density at radius 2 is 1.93 bits per heavy atom. The highest BCUT2D eigenvalue weighted by Gasteiger charge is 2.26. The Morgan fingerprint density at radius 3 is 2.52 bits per heavy atom. The number of nitrogens with one attached hydrogen (secondary N) is 1. The van der Waals surface area contributed by atoms with Gasteiger partial charge in [0.2, 0.25) is 0 Å². The molecule has 3 aromatic rings. The fourth-order valence-electron chi connectivity index (χ4n) is 2.22. The average Bonchev–Trinajstić information content (AvgIpc) is 3.01. The van der Waals surface area contributed by atoms with Crippen LogP contribution in [0.4, 0.5) is 11.4 Å². The maximum Gasteiger partial charge on any atom is 0.291 e. The van der Waals surface area contributed by atoms with Gasteiger partial charge in [-0.2, -0.15) is 0 Å². The number of rotatable bonds is 6. The molecule has 0 amide bonds. The molecule has 0 aliphatic heterocycles. The third-order valence-electron chi connectivity index (χ3n) is 3.50. The van der Waals surface area contributed by atoms with Crippen molar-refractivity contribution in [2.45, 2.75) is 14.9 Å². The van der Waals surface area contributed by atoms with Gasteiger partial charge < -0.3 is 4.57 Å². The zero-order valence-corrected chi connectivity index (χ0v) is 16.3. The molecule has 0 spiro atoms. The maximum atomic E-state index is 12.5. The van der Waals surface area contributed by atoms with Gasteiger partial charge in [-0.05, 0) is 36.4 Å². The van der Waals surface area contributed by atoms with Crippen LogP contribution in [0.25, 0.3) is 0 Å². The van der Waals surface area contributed by atoms with Crippen molar-refractivity contribution in [1.29, 1.82) is 0 Å². The molecular formula is C16H13ClN4O4S2. The van der Waals surface area contributed by atoms with Gasteiger partial charge >= 0.3 is 0 Å². The number of hydrogen-bond acceptors (Lipinski definition) is 6. The Hall–Kier alpha value is -2.56. The van der Waals surface area contributed by atoms with E-state index in [9.17, 15) is 18.5 Å². The van der Waals surface area contributed by atoms with Crippen LogP contribution >= 0.6 is 23.4 Å². The van der Waals surface area contributed by atoms with E-state index in [1.165, 1.54) is 17.8 Å². The van der Waals surface area contributed by atoms with Crippen LogP contribution in [0.1, 0.15) is 0 Å². The van der Waals surface area contributed by atoms with Crippen LogP contribution < -0.4 is 4.72 Å². The van der Waals surface area contributed by atoms with Crippen molar-refractivity contribution in [1.82, 2.24) is 9.55 Å². The van der Waals surface area contributed by atoms with Crippen LogP contribution in [0.5, 0.6) is 0 Å². The number of aryl methyl sites for hydroxylation is 1. The number of nitro groups is 1. The van der Waals surface area contributed by atoms with Gasteiger partial charge in [-0.1, -0.05) is 23.4 Å². The van der Waals surface area contributed by atoms with E-state index in [1.54, 1.807) is 30.5 Å². The van der Waals surface area contributed by atoms with Gasteiger partial charge in [0, 0.05) is 41.1 Å². The first-order chi connectivity index (χ1) is 12.8. The molecule has 1 aromatic heterocycles. The Labute approximate surface area is 164 Å². The van der Waals surface area contributed by atoms with E-state index in [-0.39, 0.29) is 10.7 Å². The second-order valence-corrected chi connectivity index (χ2v) is 8.55. The topological polar surface area (TPSA) is 107 Å². The van der Waals surface area contributed by atoms with Gasteiger partial charge in [0.05, 0.1) is 4.92 Å². The molecule has 140 valence electrons. The number of nitro benzene ring substituents is 1. The van der Waals surface area contributed by atoms with Crippen LogP contribution in [-0.4, -0.2) is 22.9 Å². The van der Waals surface area contributed by atoms with Gasteiger partial charge in [0.25, 0.3) is 15.7 Å². The van der Waals surface area contributed by atoms with Crippen molar-refractivity contribution < 1.29 is 13.3 Å². The molecule has 0 bridgehead atoms. The highest BCUT2D eigenvalue weighted by molar-refractivity contribution is 7.99. The van der Waals surface area contributed by atoms with Crippen molar-refractivity contribution in [3.8, 4) is 0 Å². The van der Waals surface area contributed by atoms with Crippen LogP contribution in [0.15, 0.2) is 69.8 Å². The number of sulfonamides is 1. The summed E-state index contributed by atoms with van der Waals surface area (Å²) in [5.41, 5.74) is -0.305. The molecule has 27 heavy (non-hydrogen) atoms.